The molecule has 3 nitrogen and oxygen atoms in total. The number of furan rings is 1. The number of piperidine rings is 1. The van der Waals surface area contributed by atoms with Crippen LogP contribution >= 0.6 is 0 Å². The quantitative estimate of drug-likeness (QED) is 0.716. The van der Waals surface area contributed by atoms with Crippen LogP contribution in [0.25, 0.3) is 11.0 Å². The Morgan fingerprint density at radius 3 is 2.59 bits per heavy atom. The molecule has 0 amide bonds. The minimum Gasteiger partial charge on any atom is -0.464 e. The highest BCUT2D eigenvalue weighted by atomic mass is 19.2. The van der Waals surface area contributed by atoms with Crippen molar-refractivity contribution in [2.24, 2.45) is 5.41 Å². The van der Waals surface area contributed by atoms with Crippen molar-refractivity contribution in [3.05, 3.63) is 71.5 Å². The molecule has 5 heteroatoms. The third kappa shape index (κ3) is 2.95. The summed E-state index contributed by atoms with van der Waals surface area (Å²) in [6, 6.07) is 12.8. The molecule has 1 aliphatic rings. The molecule has 142 valence electrons. The topological polar surface area (TPSA) is 36.6 Å². The predicted octanol–water partition coefficient (Wildman–Crippen LogP) is 4.83. The number of likely N-dealkylation sites (tertiary alicyclic amines) is 1. The van der Waals surface area contributed by atoms with Gasteiger partial charge in [-0.2, -0.15) is 0 Å². The Morgan fingerprint density at radius 2 is 1.89 bits per heavy atom. The fraction of sp³-hybridized carbons (Fsp3) is 0.364. The van der Waals surface area contributed by atoms with E-state index in [2.05, 4.69) is 17.0 Å². The van der Waals surface area contributed by atoms with E-state index in [-0.39, 0.29) is 11.1 Å². The predicted molar refractivity (Wildman–Crippen MR) is 100 cm³/mol. The van der Waals surface area contributed by atoms with E-state index in [0.717, 1.165) is 12.6 Å². The molecule has 0 spiro atoms. The summed E-state index contributed by atoms with van der Waals surface area (Å²) >= 11 is 0. The summed E-state index contributed by atoms with van der Waals surface area (Å²) in [7, 11) is 0. The third-order valence-corrected chi connectivity index (χ3v) is 5.83. The zero-order chi connectivity index (χ0) is 19.2. The summed E-state index contributed by atoms with van der Waals surface area (Å²) in [6.45, 7) is 5.66. The summed E-state index contributed by atoms with van der Waals surface area (Å²) in [5.74, 6) is -1.99. The smallest absolute Gasteiger partial charge is 0.168 e. The van der Waals surface area contributed by atoms with Crippen molar-refractivity contribution in [3.63, 3.8) is 0 Å². The average Bonchev–Trinajstić information content (AvgIpc) is 3.07. The molecule has 3 aromatic rings. The van der Waals surface area contributed by atoms with Gasteiger partial charge in [0.2, 0.25) is 0 Å². The van der Waals surface area contributed by atoms with Crippen LogP contribution in [0.2, 0.25) is 0 Å². The lowest BCUT2D eigenvalue weighted by molar-refractivity contribution is -0.128. The number of fused-ring (bicyclic) bond motifs is 1. The zero-order valence-electron chi connectivity index (χ0n) is 15.5. The average molecular weight is 371 g/mol. The van der Waals surface area contributed by atoms with Crippen molar-refractivity contribution in [1.29, 1.82) is 0 Å². The summed E-state index contributed by atoms with van der Waals surface area (Å²) in [5.41, 5.74) is -0.881. The van der Waals surface area contributed by atoms with Gasteiger partial charge < -0.3 is 9.52 Å². The van der Waals surface area contributed by atoms with Crippen LogP contribution in [0, 0.1) is 17.0 Å². The fourth-order valence-corrected chi connectivity index (χ4v) is 4.29. The summed E-state index contributed by atoms with van der Waals surface area (Å²) in [4.78, 5) is 2.24. The molecule has 1 atom stereocenters. The van der Waals surface area contributed by atoms with Gasteiger partial charge in [0, 0.05) is 30.4 Å². The van der Waals surface area contributed by atoms with E-state index >= 15 is 0 Å². The molecule has 0 radical (unpaired) electrons. The minimum atomic E-state index is -1.53. The molecule has 1 aromatic heterocycles. The van der Waals surface area contributed by atoms with Crippen LogP contribution in [0.5, 0.6) is 0 Å². The number of halogens is 2. The summed E-state index contributed by atoms with van der Waals surface area (Å²) < 4.78 is 34.4. The van der Waals surface area contributed by atoms with Crippen molar-refractivity contribution < 1.29 is 18.3 Å². The summed E-state index contributed by atoms with van der Waals surface area (Å²) in [5, 5.41) is 12.0. The Balaban J connectivity index is 1.70. The first kappa shape index (κ1) is 18.1. The van der Waals surface area contributed by atoms with E-state index in [4.69, 9.17) is 4.42 Å². The Hall–Kier alpha value is -2.24. The molecule has 0 aliphatic carbocycles. The lowest BCUT2D eigenvalue weighted by Crippen LogP contribution is -2.55. The highest BCUT2D eigenvalue weighted by Gasteiger charge is 2.51. The molecule has 2 aromatic carbocycles. The van der Waals surface area contributed by atoms with E-state index in [1.165, 1.54) is 11.8 Å². The highest BCUT2D eigenvalue weighted by Crippen LogP contribution is 2.49. The van der Waals surface area contributed by atoms with Gasteiger partial charge in [0.15, 0.2) is 11.6 Å². The molecule has 2 heterocycles. The Morgan fingerprint density at radius 1 is 1.15 bits per heavy atom. The highest BCUT2D eigenvalue weighted by molar-refractivity contribution is 5.81. The van der Waals surface area contributed by atoms with Gasteiger partial charge in [-0.25, -0.2) is 8.78 Å². The number of nitrogens with zero attached hydrogens (tertiary/aromatic N) is 1. The van der Waals surface area contributed by atoms with Gasteiger partial charge in [-0.15, -0.1) is 0 Å². The molecule has 4 rings (SSSR count). The van der Waals surface area contributed by atoms with E-state index in [1.807, 2.05) is 32.0 Å². The fourth-order valence-electron chi connectivity index (χ4n) is 4.29. The normalized spacial score (nSPS) is 23.0. The minimum absolute atomic E-state index is 0.0631. The number of aliphatic hydroxyl groups is 1. The van der Waals surface area contributed by atoms with E-state index in [9.17, 15) is 13.9 Å². The van der Waals surface area contributed by atoms with Crippen LogP contribution in [0.15, 0.2) is 53.1 Å². The SMILES string of the molecule is CC1(C)CN(Cc2ccccc2)CCC1(O)c1c(F)c(F)cc2ccoc12. The molecular formula is C22H23F2NO2. The number of hydrogen-bond acceptors (Lipinski definition) is 3. The largest absolute Gasteiger partial charge is 0.464 e. The van der Waals surface area contributed by atoms with E-state index in [0.29, 0.717) is 24.9 Å². The molecule has 0 saturated carbocycles. The van der Waals surface area contributed by atoms with Crippen molar-refractivity contribution in [1.82, 2.24) is 4.90 Å². The van der Waals surface area contributed by atoms with Crippen LogP contribution in [0.3, 0.4) is 0 Å². The lowest BCUT2D eigenvalue weighted by Gasteiger charge is -2.50. The maximum absolute atomic E-state index is 14.8. The van der Waals surface area contributed by atoms with Gasteiger partial charge in [-0.3, -0.25) is 4.90 Å². The second-order valence-corrected chi connectivity index (χ2v) is 8.08. The van der Waals surface area contributed by atoms with Gasteiger partial charge in [0.1, 0.15) is 11.2 Å². The molecule has 1 aliphatic heterocycles. The van der Waals surface area contributed by atoms with Crippen LogP contribution < -0.4 is 0 Å². The second-order valence-electron chi connectivity index (χ2n) is 8.08. The second kappa shape index (κ2) is 6.43. The number of rotatable bonds is 3. The Bertz CT molecular complexity index is 967. The molecule has 1 saturated heterocycles. The zero-order valence-corrected chi connectivity index (χ0v) is 15.5. The first-order valence-corrected chi connectivity index (χ1v) is 9.16. The lowest BCUT2D eigenvalue weighted by atomic mass is 9.66. The van der Waals surface area contributed by atoms with Crippen molar-refractivity contribution in [3.8, 4) is 0 Å². The number of benzene rings is 2. The molecule has 27 heavy (non-hydrogen) atoms. The molecular weight excluding hydrogens is 348 g/mol. The van der Waals surface area contributed by atoms with Crippen molar-refractivity contribution in [2.75, 3.05) is 13.1 Å². The standard InChI is InChI=1S/C22H23F2NO2/c1-21(2)14-25(13-15-6-4-3-5-7-15)10-9-22(21,26)18-19(24)17(23)12-16-8-11-27-20(16)18/h3-8,11-12,26H,9-10,13-14H2,1-2H3. The van der Waals surface area contributed by atoms with Gasteiger partial charge in [0.25, 0.3) is 0 Å². The maximum atomic E-state index is 14.8. The van der Waals surface area contributed by atoms with Gasteiger partial charge >= 0.3 is 0 Å². The molecule has 1 fully saturated rings. The number of hydrogen-bond donors (Lipinski definition) is 1. The van der Waals surface area contributed by atoms with Crippen molar-refractivity contribution in [2.45, 2.75) is 32.4 Å². The van der Waals surface area contributed by atoms with Crippen LogP contribution in [-0.4, -0.2) is 23.1 Å². The van der Waals surface area contributed by atoms with Crippen LogP contribution in [-0.2, 0) is 12.1 Å². The van der Waals surface area contributed by atoms with E-state index < -0.39 is 22.7 Å². The van der Waals surface area contributed by atoms with E-state index in [1.54, 1.807) is 6.07 Å². The third-order valence-electron chi connectivity index (χ3n) is 5.83. The monoisotopic (exact) mass is 371 g/mol. The van der Waals surface area contributed by atoms with Gasteiger partial charge in [-0.1, -0.05) is 44.2 Å². The molecule has 0 bridgehead atoms. The van der Waals surface area contributed by atoms with Crippen LogP contribution in [0.4, 0.5) is 8.78 Å². The Labute approximate surface area is 157 Å². The Kier molecular flexibility index (Phi) is 4.32. The van der Waals surface area contributed by atoms with Crippen molar-refractivity contribution >= 4 is 11.0 Å². The first-order chi connectivity index (χ1) is 12.8. The molecule has 1 unspecified atom stereocenters. The van der Waals surface area contributed by atoms with Gasteiger partial charge in [0.05, 0.1) is 11.8 Å². The molecule has 1 N–H and O–H groups in total. The maximum Gasteiger partial charge on any atom is 0.168 e. The summed E-state index contributed by atoms with van der Waals surface area (Å²) in [6.07, 6.45) is 1.69. The van der Waals surface area contributed by atoms with Crippen LogP contribution in [0.1, 0.15) is 31.4 Å². The first-order valence-electron chi connectivity index (χ1n) is 9.16. The van der Waals surface area contributed by atoms with Gasteiger partial charge in [-0.05, 0) is 24.1 Å².